The predicted octanol–water partition coefficient (Wildman–Crippen LogP) is 3.96. The van der Waals surface area contributed by atoms with Gasteiger partial charge in [-0.05, 0) is 47.2 Å². The van der Waals surface area contributed by atoms with Crippen molar-refractivity contribution in [1.82, 2.24) is 20.5 Å². The fraction of sp³-hybridized carbons (Fsp3) is 0.750. The summed E-state index contributed by atoms with van der Waals surface area (Å²) >= 11 is 0.975. The maximum Gasteiger partial charge on any atom is 0.434 e. The van der Waals surface area contributed by atoms with Crippen LogP contribution >= 0.6 is 35.3 Å². The minimum Gasteiger partial charge on any atom is -0.357 e. The number of rotatable bonds is 9. The Morgan fingerprint density at radius 1 is 1.31 bits per heavy atom. The van der Waals surface area contributed by atoms with Crippen molar-refractivity contribution in [2.75, 3.05) is 26.7 Å². The number of hydrogen-bond acceptors (Lipinski definition) is 4. The monoisotopic (exact) mass is 507 g/mol. The molecule has 152 valence electrons. The topological polar surface area (TPSA) is 52.6 Å². The van der Waals surface area contributed by atoms with Crippen LogP contribution in [0.2, 0.25) is 0 Å². The molecule has 0 radical (unpaired) electrons. The molecule has 0 amide bonds. The minimum absolute atomic E-state index is 0. The molecular formula is C16H29F3IN5S. The molecule has 0 saturated carbocycles. The number of guanidine groups is 1. The predicted molar refractivity (Wildman–Crippen MR) is 112 cm³/mol. The second-order valence-corrected chi connectivity index (χ2v) is 6.97. The Hall–Kier alpha value is -0.620. The van der Waals surface area contributed by atoms with Crippen molar-refractivity contribution in [2.45, 2.75) is 52.4 Å². The first-order valence-corrected chi connectivity index (χ1v) is 9.36. The first kappa shape index (κ1) is 25.4. The highest BCUT2D eigenvalue weighted by Crippen LogP contribution is 2.30. The molecule has 0 aliphatic heterocycles. The lowest BCUT2D eigenvalue weighted by atomic mass is 10.2. The van der Waals surface area contributed by atoms with Gasteiger partial charge in [-0.1, -0.05) is 0 Å². The van der Waals surface area contributed by atoms with Gasteiger partial charge in [-0.3, -0.25) is 0 Å². The molecule has 0 aromatic carbocycles. The molecule has 0 atom stereocenters. The van der Waals surface area contributed by atoms with Crippen LogP contribution < -0.4 is 10.6 Å². The summed E-state index contributed by atoms with van der Waals surface area (Å²) in [5, 5.41) is 7.67. The molecule has 1 aromatic rings. The maximum atomic E-state index is 12.5. The molecule has 5 nitrogen and oxygen atoms in total. The number of hydrogen-bond donors (Lipinski definition) is 2. The molecule has 1 aromatic heterocycles. The van der Waals surface area contributed by atoms with Gasteiger partial charge in [-0.25, -0.2) is 9.98 Å². The van der Waals surface area contributed by atoms with E-state index in [1.165, 1.54) is 0 Å². The number of aliphatic imine (C=N–C) groups is 1. The lowest BCUT2D eigenvalue weighted by Gasteiger charge is -2.20. The molecule has 26 heavy (non-hydrogen) atoms. The Morgan fingerprint density at radius 3 is 2.54 bits per heavy atom. The van der Waals surface area contributed by atoms with Gasteiger partial charge >= 0.3 is 6.18 Å². The number of unbranched alkanes of at least 4 members (excludes halogenated alkanes) is 1. The van der Waals surface area contributed by atoms with Crippen LogP contribution in [-0.4, -0.2) is 48.6 Å². The molecule has 2 N–H and O–H groups in total. The van der Waals surface area contributed by atoms with Crippen molar-refractivity contribution in [3.05, 3.63) is 16.1 Å². The van der Waals surface area contributed by atoms with Crippen LogP contribution in [-0.2, 0) is 12.7 Å². The third-order valence-electron chi connectivity index (χ3n) is 3.67. The zero-order valence-electron chi connectivity index (χ0n) is 15.7. The van der Waals surface area contributed by atoms with Crippen LogP contribution in [0, 0.1) is 0 Å². The first-order chi connectivity index (χ1) is 11.7. The number of alkyl halides is 3. The van der Waals surface area contributed by atoms with E-state index >= 15 is 0 Å². The first-order valence-electron chi connectivity index (χ1n) is 8.48. The summed E-state index contributed by atoms with van der Waals surface area (Å²) < 4.78 is 37.6. The Balaban J connectivity index is 0.00000625. The highest BCUT2D eigenvalue weighted by molar-refractivity contribution is 14.0. The van der Waals surface area contributed by atoms with Gasteiger partial charge in [0.05, 0.1) is 6.54 Å². The van der Waals surface area contributed by atoms with Crippen LogP contribution in [0.1, 0.15) is 44.3 Å². The van der Waals surface area contributed by atoms with E-state index in [0.29, 0.717) is 23.6 Å². The maximum absolute atomic E-state index is 12.5. The Bertz CT molecular complexity index is 534. The molecule has 0 aliphatic rings. The van der Waals surface area contributed by atoms with Gasteiger partial charge in [0.1, 0.15) is 5.01 Å². The number of nitrogens with one attached hydrogen (secondary N) is 2. The fourth-order valence-electron chi connectivity index (χ4n) is 1.95. The van der Waals surface area contributed by atoms with E-state index in [-0.39, 0.29) is 30.5 Å². The zero-order chi connectivity index (χ0) is 18.9. The van der Waals surface area contributed by atoms with E-state index in [2.05, 4.69) is 46.4 Å². The van der Waals surface area contributed by atoms with Gasteiger partial charge in [0.25, 0.3) is 0 Å². The Morgan fingerprint density at radius 2 is 2.00 bits per heavy atom. The molecule has 0 unspecified atom stereocenters. The average molecular weight is 507 g/mol. The number of nitrogens with zero attached hydrogens (tertiary/aromatic N) is 3. The molecule has 0 fully saturated rings. The molecule has 0 bridgehead atoms. The van der Waals surface area contributed by atoms with E-state index in [1.54, 1.807) is 0 Å². The van der Waals surface area contributed by atoms with Crippen molar-refractivity contribution < 1.29 is 13.2 Å². The van der Waals surface area contributed by atoms with Crippen molar-refractivity contribution >= 4 is 41.3 Å². The number of thiazole rings is 1. The second-order valence-electron chi connectivity index (χ2n) is 6.03. The van der Waals surface area contributed by atoms with Crippen molar-refractivity contribution in [3.63, 3.8) is 0 Å². The van der Waals surface area contributed by atoms with Crippen LogP contribution in [0.4, 0.5) is 13.2 Å². The summed E-state index contributed by atoms with van der Waals surface area (Å²) in [7, 11) is 2.10. The third kappa shape index (κ3) is 9.91. The van der Waals surface area contributed by atoms with Gasteiger partial charge < -0.3 is 15.5 Å². The molecule has 0 saturated heterocycles. The highest BCUT2D eigenvalue weighted by atomic mass is 127. The molecule has 1 heterocycles. The van der Waals surface area contributed by atoms with Gasteiger partial charge in [0.15, 0.2) is 11.7 Å². The molecular weight excluding hydrogens is 478 g/mol. The van der Waals surface area contributed by atoms with E-state index in [4.69, 9.17) is 0 Å². The van der Waals surface area contributed by atoms with Gasteiger partial charge in [-0.2, -0.15) is 13.2 Å². The Kier molecular flexibility index (Phi) is 12.4. The molecule has 0 aliphatic carbocycles. The summed E-state index contributed by atoms with van der Waals surface area (Å²) in [4.78, 5) is 10.2. The summed E-state index contributed by atoms with van der Waals surface area (Å²) in [6, 6.07) is 0.534. The van der Waals surface area contributed by atoms with Crippen molar-refractivity contribution in [1.29, 1.82) is 0 Å². The molecule has 10 heteroatoms. The van der Waals surface area contributed by atoms with Gasteiger partial charge in [-0.15, -0.1) is 35.3 Å². The summed E-state index contributed by atoms with van der Waals surface area (Å²) in [6.07, 6.45) is -2.33. The van der Waals surface area contributed by atoms with E-state index in [9.17, 15) is 13.2 Å². The van der Waals surface area contributed by atoms with Crippen LogP contribution in [0.15, 0.2) is 10.4 Å². The highest BCUT2D eigenvalue weighted by Gasteiger charge is 2.33. The summed E-state index contributed by atoms with van der Waals surface area (Å²) in [6.45, 7) is 8.89. The molecule has 0 spiro atoms. The SMILES string of the molecule is CCNC(=NCc1nc(C(F)(F)F)cs1)NCCCCN(C)C(C)C.I. The third-order valence-corrected chi connectivity index (χ3v) is 4.50. The quantitative estimate of drug-likeness (QED) is 0.230. The fourth-order valence-corrected chi connectivity index (χ4v) is 2.68. The van der Waals surface area contributed by atoms with Crippen LogP contribution in [0.5, 0.6) is 0 Å². The van der Waals surface area contributed by atoms with E-state index in [1.807, 2.05) is 6.92 Å². The second kappa shape index (κ2) is 12.7. The normalized spacial score (nSPS) is 12.4. The molecule has 1 rings (SSSR count). The van der Waals surface area contributed by atoms with E-state index < -0.39 is 11.9 Å². The summed E-state index contributed by atoms with van der Waals surface area (Å²) in [5.41, 5.74) is -0.852. The van der Waals surface area contributed by atoms with Gasteiger partial charge in [0.2, 0.25) is 0 Å². The van der Waals surface area contributed by atoms with Crippen LogP contribution in [0.25, 0.3) is 0 Å². The number of halogens is 4. The van der Waals surface area contributed by atoms with Crippen molar-refractivity contribution in [2.24, 2.45) is 4.99 Å². The average Bonchev–Trinajstić information content (AvgIpc) is 3.01. The lowest BCUT2D eigenvalue weighted by Crippen LogP contribution is -2.38. The smallest absolute Gasteiger partial charge is 0.357 e. The Labute approximate surface area is 174 Å². The largest absolute Gasteiger partial charge is 0.434 e. The standard InChI is InChI=1S/C16H28F3N5S.HI/c1-5-20-15(21-8-6-7-9-24(4)12(2)3)22-10-14-23-13(11-25-14)16(17,18)19;/h11-12H,5-10H2,1-4H3,(H2,20,21,22);1H. The lowest BCUT2D eigenvalue weighted by molar-refractivity contribution is -0.140. The van der Waals surface area contributed by atoms with E-state index in [0.717, 1.165) is 42.6 Å². The summed E-state index contributed by atoms with van der Waals surface area (Å²) in [5.74, 6) is 0.600. The minimum atomic E-state index is -4.40. The van der Waals surface area contributed by atoms with Gasteiger partial charge in [0, 0.05) is 24.5 Å². The number of aromatic nitrogens is 1. The zero-order valence-corrected chi connectivity index (χ0v) is 18.8. The van der Waals surface area contributed by atoms with Crippen molar-refractivity contribution in [3.8, 4) is 0 Å². The van der Waals surface area contributed by atoms with Crippen LogP contribution in [0.3, 0.4) is 0 Å².